The lowest BCUT2D eigenvalue weighted by molar-refractivity contribution is 0.519. The summed E-state index contributed by atoms with van der Waals surface area (Å²) in [7, 11) is -0.222. The number of hydrogen-bond donors (Lipinski definition) is 0. The molecule has 5 heteroatoms. The van der Waals surface area contributed by atoms with E-state index in [2.05, 4.69) is 4.90 Å². The Kier molecular flexibility index (Phi) is 3.92. The third-order valence-corrected chi connectivity index (χ3v) is 5.18. The van der Waals surface area contributed by atoms with Crippen LogP contribution < -0.4 is 4.90 Å². The molecule has 1 saturated heterocycles. The van der Waals surface area contributed by atoms with Crippen LogP contribution in [-0.4, -0.2) is 39.9 Å². The van der Waals surface area contributed by atoms with Gasteiger partial charge in [0, 0.05) is 27.2 Å². The lowest BCUT2D eigenvalue weighted by Crippen LogP contribution is -2.32. The third-order valence-electron chi connectivity index (χ3n) is 3.32. The highest BCUT2D eigenvalue weighted by Crippen LogP contribution is 2.28. The third kappa shape index (κ3) is 2.52. The van der Waals surface area contributed by atoms with Crippen LogP contribution in [-0.2, 0) is 10.0 Å². The first kappa shape index (κ1) is 13.4. The van der Waals surface area contributed by atoms with Crippen molar-refractivity contribution >= 4 is 15.7 Å². The van der Waals surface area contributed by atoms with Crippen LogP contribution in [0, 0.1) is 0 Å². The molecule has 0 spiro atoms. The molecule has 0 unspecified atom stereocenters. The van der Waals surface area contributed by atoms with Gasteiger partial charge in [-0.2, -0.15) is 0 Å². The molecule has 2 rings (SSSR count). The second kappa shape index (κ2) is 5.28. The summed E-state index contributed by atoms with van der Waals surface area (Å²) in [5.41, 5.74) is 0.839. The molecule has 18 heavy (non-hydrogen) atoms. The Morgan fingerprint density at radius 3 is 2.28 bits per heavy atom. The van der Waals surface area contributed by atoms with Gasteiger partial charge < -0.3 is 4.90 Å². The van der Waals surface area contributed by atoms with Gasteiger partial charge in [-0.3, -0.25) is 0 Å². The second-order valence-corrected chi connectivity index (χ2v) is 6.92. The first-order valence-corrected chi connectivity index (χ1v) is 7.74. The molecule has 0 bridgehead atoms. The van der Waals surface area contributed by atoms with Crippen molar-refractivity contribution in [2.24, 2.45) is 0 Å². The molecule has 0 radical (unpaired) electrons. The van der Waals surface area contributed by atoms with Crippen LogP contribution in [0.5, 0.6) is 0 Å². The van der Waals surface area contributed by atoms with Crippen LogP contribution in [0.1, 0.15) is 19.3 Å². The number of sulfonamides is 1. The van der Waals surface area contributed by atoms with Crippen molar-refractivity contribution in [3.05, 3.63) is 24.3 Å². The first-order valence-electron chi connectivity index (χ1n) is 6.30. The maximum atomic E-state index is 12.3. The number of nitrogens with zero attached hydrogens (tertiary/aromatic N) is 2. The molecule has 1 fully saturated rings. The number of benzene rings is 1. The Bertz CT molecular complexity index is 505. The van der Waals surface area contributed by atoms with Crippen molar-refractivity contribution in [2.45, 2.75) is 24.2 Å². The molecule has 0 aliphatic carbocycles. The van der Waals surface area contributed by atoms with Gasteiger partial charge in [0.15, 0.2) is 0 Å². The predicted molar refractivity (Wildman–Crippen MR) is 73.4 cm³/mol. The summed E-state index contributed by atoms with van der Waals surface area (Å²) in [4.78, 5) is 2.59. The maximum absolute atomic E-state index is 12.3. The van der Waals surface area contributed by atoms with Crippen LogP contribution in [0.3, 0.4) is 0 Å². The van der Waals surface area contributed by atoms with Gasteiger partial charge in [0.25, 0.3) is 0 Å². The Morgan fingerprint density at radius 2 is 1.67 bits per heavy atom. The van der Waals surface area contributed by atoms with E-state index in [1.807, 2.05) is 12.1 Å². The molecule has 4 nitrogen and oxygen atoms in total. The van der Waals surface area contributed by atoms with E-state index in [1.165, 1.54) is 10.7 Å². The van der Waals surface area contributed by atoms with Crippen molar-refractivity contribution in [1.82, 2.24) is 4.31 Å². The molecule has 0 saturated carbocycles. The summed E-state index contributed by atoms with van der Waals surface area (Å²) in [6.07, 6.45) is 3.51. The molecule has 100 valence electrons. The first-order chi connectivity index (χ1) is 8.53. The fourth-order valence-corrected chi connectivity index (χ4v) is 3.37. The number of hydrogen-bond acceptors (Lipinski definition) is 3. The molecular weight excluding hydrogens is 248 g/mol. The molecule has 0 atom stereocenters. The fraction of sp³-hybridized carbons (Fsp3) is 0.538. The number of para-hydroxylation sites is 1. The van der Waals surface area contributed by atoms with Gasteiger partial charge in [0.05, 0.1) is 5.69 Å². The summed E-state index contributed by atoms with van der Waals surface area (Å²) >= 11 is 0. The molecule has 1 aliphatic heterocycles. The summed E-state index contributed by atoms with van der Waals surface area (Å²) in [5, 5.41) is 0. The van der Waals surface area contributed by atoms with Crippen LogP contribution in [0.2, 0.25) is 0 Å². The Labute approximate surface area is 109 Å². The van der Waals surface area contributed by atoms with Gasteiger partial charge in [-0.15, -0.1) is 0 Å². The van der Waals surface area contributed by atoms with Gasteiger partial charge in [0.2, 0.25) is 10.0 Å². The Balaban J connectivity index is 2.42. The van der Waals surface area contributed by atoms with Crippen LogP contribution in [0.4, 0.5) is 5.69 Å². The highest BCUT2D eigenvalue weighted by atomic mass is 32.2. The zero-order valence-corrected chi connectivity index (χ0v) is 11.8. The van der Waals surface area contributed by atoms with Crippen LogP contribution in [0.25, 0.3) is 0 Å². The standard InChI is InChI=1S/C13H20N2O2S/c1-14(2)18(16,17)13-9-5-4-8-12(13)15-10-6-3-7-11-15/h4-5,8-9H,3,6-7,10-11H2,1-2H3. The van der Waals surface area contributed by atoms with Crippen molar-refractivity contribution in [1.29, 1.82) is 0 Å². The quantitative estimate of drug-likeness (QED) is 0.841. The van der Waals surface area contributed by atoms with Crippen molar-refractivity contribution in [3.8, 4) is 0 Å². The van der Waals surface area contributed by atoms with Gasteiger partial charge >= 0.3 is 0 Å². The molecule has 0 aromatic heterocycles. The minimum Gasteiger partial charge on any atom is -0.370 e. The fourth-order valence-electron chi connectivity index (χ4n) is 2.27. The summed E-state index contributed by atoms with van der Waals surface area (Å²) in [5.74, 6) is 0. The Morgan fingerprint density at radius 1 is 1.06 bits per heavy atom. The minimum atomic E-state index is -3.37. The normalized spacial score (nSPS) is 17.2. The number of anilines is 1. The summed E-state index contributed by atoms with van der Waals surface area (Å²) in [6, 6.07) is 7.28. The van der Waals surface area contributed by atoms with E-state index in [4.69, 9.17) is 0 Å². The molecular formula is C13H20N2O2S. The summed E-state index contributed by atoms with van der Waals surface area (Å²) in [6.45, 7) is 1.89. The molecule has 1 aliphatic rings. The van der Waals surface area contributed by atoms with E-state index in [9.17, 15) is 8.42 Å². The zero-order valence-electron chi connectivity index (χ0n) is 11.0. The van der Waals surface area contributed by atoms with E-state index in [0.29, 0.717) is 4.90 Å². The van der Waals surface area contributed by atoms with Crippen LogP contribution >= 0.6 is 0 Å². The van der Waals surface area contributed by atoms with Crippen molar-refractivity contribution in [2.75, 3.05) is 32.1 Å². The molecule has 1 aromatic carbocycles. The van der Waals surface area contributed by atoms with E-state index >= 15 is 0 Å². The highest BCUT2D eigenvalue weighted by molar-refractivity contribution is 7.89. The Hall–Kier alpha value is -1.07. The van der Waals surface area contributed by atoms with Crippen molar-refractivity contribution in [3.63, 3.8) is 0 Å². The van der Waals surface area contributed by atoms with Crippen LogP contribution in [0.15, 0.2) is 29.2 Å². The molecule has 0 amide bonds. The average Bonchev–Trinajstić information content (AvgIpc) is 2.39. The minimum absolute atomic E-state index is 0.414. The highest BCUT2D eigenvalue weighted by Gasteiger charge is 2.24. The van der Waals surface area contributed by atoms with E-state index in [0.717, 1.165) is 31.6 Å². The molecule has 0 N–H and O–H groups in total. The average molecular weight is 268 g/mol. The lowest BCUT2D eigenvalue weighted by atomic mass is 10.1. The smallest absolute Gasteiger partial charge is 0.244 e. The lowest BCUT2D eigenvalue weighted by Gasteiger charge is -2.30. The predicted octanol–water partition coefficient (Wildman–Crippen LogP) is 1.93. The molecule has 1 aromatic rings. The topological polar surface area (TPSA) is 40.6 Å². The largest absolute Gasteiger partial charge is 0.370 e. The van der Waals surface area contributed by atoms with Gasteiger partial charge in [-0.25, -0.2) is 12.7 Å². The maximum Gasteiger partial charge on any atom is 0.244 e. The second-order valence-electron chi connectivity index (χ2n) is 4.80. The zero-order chi connectivity index (χ0) is 13.2. The number of rotatable bonds is 3. The van der Waals surface area contributed by atoms with Gasteiger partial charge in [-0.05, 0) is 31.4 Å². The SMILES string of the molecule is CN(C)S(=O)(=O)c1ccccc1N1CCCCC1. The monoisotopic (exact) mass is 268 g/mol. The van der Waals surface area contributed by atoms with Gasteiger partial charge in [0.1, 0.15) is 4.90 Å². The van der Waals surface area contributed by atoms with E-state index in [1.54, 1.807) is 26.2 Å². The van der Waals surface area contributed by atoms with E-state index < -0.39 is 10.0 Å². The molecule has 1 heterocycles. The van der Waals surface area contributed by atoms with E-state index in [-0.39, 0.29) is 0 Å². The van der Waals surface area contributed by atoms with Crippen molar-refractivity contribution < 1.29 is 8.42 Å². The number of piperidine rings is 1. The van der Waals surface area contributed by atoms with Gasteiger partial charge in [-0.1, -0.05) is 12.1 Å². The summed E-state index contributed by atoms with van der Waals surface area (Å²) < 4.78 is 25.9.